The average Bonchev–Trinajstić information content (AvgIpc) is 2.45. The number of carbonyl (C=O) groups excluding carboxylic acids is 1. The Morgan fingerprint density at radius 2 is 1.76 bits per heavy atom. The molecule has 0 unspecified atom stereocenters. The maximum absolute atomic E-state index is 11.5. The lowest BCUT2D eigenvalue weighted by atomic mass is 9.93. The molecule has 0 saturated carbocycles. The molecule has 0 amide bonds. The van der Waals surface area contributed by atoms with Gasteiger partial charge in [0.05, 0.1) is 0 Å². The van der Waals surface area contributed by atoms with Gasteiger partial charge in [0.2, 0.25) is 0 Å². The highest BCUT2D eigenvalue weighted by atomic mass is 16.5. The van der Waals surface area contributed by atoms with Crippen molar-refractivity contribution < 1.29 is 9.53 Å². The Kier molecular flexibility index (Phi) is 7.09. The van der Waals surface area contributed by atoms with Crippen LogP contribution >= 0.6 is 0 Å². The lowest BCUT2D eigenvalue weighted by Crippen LogP contribution is -2.02. The van der Waals surface area contributed by atoms with Crippen LogP contribution in [0.5, 0.6) is 0 Å². The Balaban J connectivity index is 2.55. The fourth-order valence-electron chi connectivity index (χ4n) is 1.96. The molecule has 0 aromatic heterocycles. The highest BCUT2D eigenvalue weighted by Crippen LogP contribution is 2.17. The van der Waals surface area contributed by atoms with Gasteiger partial charge in [-0.25, -0.2) is 4.79 Å². The second-order valence-electron chi connectivity index (χ2n) is 5.33. The van der Waals surface area contributed by atoms with Gasteiger partial charge in [-0.3, -0.25) is 0 Å². The van der Waals surface area contributed by atoms with Gasteiger partial charge in [-0.1, -0.05) is 51.8 Å². The summed E-state index contributed by atoms with van der Waals surface area (Å²) < 4.78 is 5.03. The third kappa shape index (κ3) is 6.65. The van der Waals surface area contributed by atoms with Gasteiger partial charge in [-0.15, -0.1) is 5.73 Å². The van der Waals surface area contributed by atoms with Crippen LogP contribution in [0.1, 0.15) is 33.3 Å². The topological polar surface area (TPSA) is 26.3 Å². The van der Waals surface area contributed by atoms with Crippen LogP contribution in [-0.2, 0) is 9.53 Å². The van der Waals surface area contributed by atoms with E-state index in [0.717, 1.165) is 5.56 Å². The van der Waals surface area contributed by atoms with Crippen LogP contribution < -0.4 is 0 Å². The van der Waals surface area contributed by atoms with Crippen molar-refractivity contribution in [1.29, 1.82) is 0 Å². The summed E-state index contributed by atoms with van der Waals surface area (Å²) in [6, 6.07) is 9.35. The number of carbonyl (C=O) groups is 1. The highest BCUT2D eigenvalue weighted by Gasteiger charge is 2.06. The van der Waals surface area contributed by atoms with Crippen LogP contribution in [0.25, 0.3) is 0 Å². The van der Waals surface area contributed by atoms with Crippen molar-refractivity contribution in [2.45, 2.75) is 27.7 Å². The summed E-state index contributed by atoms with van der Waals surface area (Å²) >= 11 is 0. The molecule has 0 aliphatic rings. The van der Waals surface area contributed by atoms with Gasteiger partial charge < -0.3 is 4.74 Å². The minimum absolute atomic E-state index is 0.200. The zero-order chi connectivity index (χ0) is 15.7. The maximum Gasteiger partial charge on any atom is 0.385 e. The van der Waals surface area contributed by atoms with E-state index in [1.165, 1.54) is 5.57 Å². The number of hydrogen-bond acceptors (Lipinski definition) is 2. The molecular formula is C19H22O2. The first-order valence-electron chi connectivity index (χ1n) is 7.19. The summed E-state index contributed by atoms with van der Waals surface area (Å²) in [5.41, 5.74) is 5.24. The molecule has 0 aliphatic carbocycles. The van der Waals surface area contributed by atoms with Crippen molar-refractivity contribution in [2.24, 2.45) is 11.8 Å². The van der Waals surface area contributed by atoms with Gasteiger partial charge in [0, 0.05) is 11.5 Å². The molecule has 2 nitrogen and oxygen atoms in total. The van der Waals surface area contributed by atoms with Gasteiger partial charge >= 0.3 is 5.97 Å². The maximum atomic E-state index is 11.5. The largest absolute Gasteiger partial charge is 0.451 e. The fraction of sp³-hybridized carbons (Fsp3) is 0.368. The lowest BCUT2D eigenvalue weighted by molar-refractivity contribution is -0.135. The number of rotatable bonds is 4. The van der Waals surface area contributed by atoms with E-state index in [9.17, 15) is 4.79 Å². The Hall–Kier alpha value is -2.23. The summed E-state index contributed by atoms with van der Waals surface area (Å²) in [5.74, 6) is 5.59. The molecule has 0 atom stereocenters. The van der Waals surface area contributed by atoms with Crippen molar-refractivity contribution in [1.82, 2.24) is 0 Å². The SMILES string of the molecule is CC(C)C(=C=CCOC(=O)C#Cc1ccccc1)C(C)C. The summed E-state index contributed by atoms with van der Waals surface area (Å²) in [6.45, 7) is 8.73. The van der Waals surface area contributed by atoms with Gasteiger partial charge in [0.15, 0.2) is 0 Å². The normalized spacial score (nSPS) is 9.62. The third-order valence-electron chi connectivity index (χ3n) is 2.89. The van der Waals surface area contributed by atoms with Crippen molar-refractivity contribution in [3.63, 3.8) is 0 Å². The molecule has 21 heavy (non-hydrogen) atoms. The van der Waals surface area contributed by atoms with E-state index in [2.05, 4.69) is 45.3 Å². The van der Waals surface area contributed by atoms with E-state index in [1.807, 2.05) is 30.3 Å². The average molecular weight is 282 g/mol. The Morgan fingerprint density at radius 3 is 2.33 bits per heavy atom. The van der Waals surface area contributed by atoms with Crippen molar-refractivity contribution in [3.05, 3.63) is 53.3 Å². The summed E-state index contributed by atoms with van der Waals surface area (Å²) in [7, 11) is 0. The summed E-state index contributed by atoms with van der Waals surface area (Å²) in [5, 5.41) is 0. The number of esters is 1. The molecule has 0 N–H and O–H groups in total. The van der Waals surface area contributed by atoms with E-state index < -0.39 is 5.97 Å². The Morgan fingerprint density at radius 1 is 1.14 bits per heavy atom. The number of ether oxygens (including phenoxy) is 1. The minimum atomic E-state index is -0.521. The Bertz CT molecular complexity index is 567. The molecule has 0 saturated heterocycles. The highest BCUT2D eigenvalue weighted by molar-refractivity contribution is 5.89. The molecule has 110 valence electrons. The monoisotopic (exact) mass is 282 g/mol. The van der Waals surface area contributed by atoms with E-state index >= 15 is 0 Å². The van der Waals surface area contributed by atoms with Gasteiger partial charge in [-0.05, 0) is 35.6 Å². The Labute approximate surface area is 127 Å². The van der Waals surface area contributed by atoms with Crippen molar-refractivity contribution >= 4 is 5.97 Å². The lowest BCUT2D eigenvalue weighted by Gasteiger charge is -2.11. The zero-order valence-corrected chi connectivity index (χ0v) is 13.1. The van der Waals surface area contributed by atoms with Crippen LogP contribution in [0.4, 0.5) is 0 Å². The van der Waals surface area contributed by atoms with E-state index in [0.29, 0.717) is 11.8 Å². The molecule has 1 aromatic carbocycles. The molecule has 0 aliphatic heterocycles. The second kappa shape index (κ2) is 8.84. The zero-order valence-electron chi connectivity index (χ0n) is 13.1. The molecule has 0 fully saturated rings. The number of hydrogen-bond donors (Lipinski definition) is 0. The molecule has 1 rings (SSSR count). The van der Waals surface area contributed by atoms with E-state index in [1.54, 1.807) is 6.08 Å². The fourth-order valence-corrected chi connectivity index (χ4v) is 1.96. The van der Waals surface area contributed by atoms with Gasteiger partial charge in [-0.2, -0.15) is 0 Å². The quantitative estimate of drug-likeness (QED) is 0.474. The minimum Gasteiger partial charge on any atom is -0.451 e. The number of benzene rings is 1. The van der Waals surface area contributed by atoms with E-state index in [4.69, 9.17) is 4.74 Å². The van der Waals surface area contributed by atoms with Crippen molar-refractivity contribution in [3.8, 4) is 11.8 Å². The van der Waals surface area contributed by atoms with Gasteiger partial charge in [0.1, 0.15) is 6.61 Å². The van der Waals surface area contributed by atoms with Crippen LogP contribution in [-0.4, -0.2) is 12.6 Å². The van der Waals surface area contributed by atoms with Crippen molar-refractivity contribution in [2.75, 3.05) is 6.61 Å². The smallest absolute Gasteiger partial charge is 0.385 e. The molecule has 2 heteroatoms. The standard InChI is InChI=1S/C19H22O2/c1-15(2)18(16(3)4)11-8-14-21-19(20)13-12-17-9-6-5-7-10-17/h5-10,15-16H,14H2,1-4H3. The molecule has 0 heterocycles. The summed E-state index contributed by atoms with van der Waals surface area (Å²) in [6.07, 6.45) is 1.75. The molecule has 0 radical (unpaired) electrons. The molecule has 0 spiro atoms. The summed E-state index contributed by atoms with van der Waals surface area (Å²) in [4.78, 5) is 11.5. The molecule has 1 aromatic rings. The first-order valence-corrected chi connectivity index (χ1v) is 7.19. The molecule has 0 bridgehead atoms. The third-order valence-corrected chi connectivity index (χ3v) is 2.89. The van der Waals surface area contributed by atoms with Crippen LogP contribution in [0.3, 0.4) is 0 Å². The van der Waals surface area contributed by atoms with E-state index in [-0.39, 0.29) is 6.61 Å². The predicted octanol–water partition coefficient (Wildman–Crippen LogP) is 3.97. The predicted molar refractivity (Wildman–Crippen MR) is 85.6 cm³/mol. The van der Waals surface area contributed by atoms with Crippen LogP contribution in [0, 0.1) is 23.7 Å². The first kappa shape index (κ1) is 16.8. The van der Waals surface area contributed by atoms with Crippen LogP contribution in [0.2, 0.25) is 0 Å². The first-order chi connectivity index (χ1) is 10.0. The molecular weight excluding hydrogens is 260 g/mol. The van der Waals surface area contributed by atoms with Gasteiger partial charge in [0.25, 0.3) is 0 Å². The van der Waals surface area contributed by atoms with Crippen LogP contribution in [0.15, 0.2) is 47.7 Å². The second-order valence-corrected chi connectivity index (χ2v) is 5.33.